The minimum absolute atomic E-state index is 0.231. The first-order valence-electron chi connectivity index (χ1n) is 5.81. The molecule has 0 aliphatic heterocycles. The summed E-state index contributed by atoms with van der Waals surface area (Å²) in [6.07, 6.45) is 1.77. The van der Waals surface area contributed by atoms with Crippen molar-refractivity contribution in [1.82, 2.24) is 4.90 Å². The van der Waals surface area contributed by atoms with E-state index in [-0.39, 0.29) is 12.5 Å². The summed E-state index contributed by atoms with van der Waals surface area (Å²) in [5, 5.41) is 8.66. The lowest BCUT2D eigenvalue weighted by molar-refractivity contribution is -0.137. The summed E-state index contributed by atoms with van der Waals surface area (Å²) in [7, 11) is 4.03. The average Bonchev–Trinajstić information content (AvgIpc) is 2.23. The number of nitrogens with zero attached hydrogens (tertiary/aromatic N) is 1. The first kappa shape index (κ1) is 13.7. The summed E-state index contributed by atoms with van der Waals surface area (Å²) < 4.78 is 0. The zero-order valence-corrected chi connectivity index (χ0v) is 10.5. The molecule has 1 aromatic rings. The molecule has 93 valence electrons. The van der Waals surface area contributed by atoms with Gasteiger partial charge < -0.3 is 10.0 Å². The van der Waals surface area contributed by atoms with E-state index in [0.29, 0.717) is 6.42 Å². The molecule has 1 N–H and O–H groups in total. The van der Waals surface area contributed by atoms with E-state index in [1.54, 1.807) is 0 Å². The second kappa shape index (κ2) is 6.40. The second-order valence-electron chi connectivity index (χ2n) is 4.51. The Balaban J connectivity index is 2.69. The fraction of sp³-hybridized carbons (Fsp3) is 0.429. The Kier molecular flexibility index (Phi) is 5.16. The van der Waals surface area contributed by atoms with Crippen molar-refractivity contribution in [2.75, 3.05) is 14.1 Å². The van der Waals surface area contributed by atoms with Gasteiger partial charge in [0.05, 0.1) is 0 Å². The van der Waals surface area contributed by atoms with E-state index in [2.05, 4.69) is 24.0 Å². The van der Waals surface area contributed by atoms with Crippen LogP contribution in [0, 0.1) is 6.92 Å². The summed E-state index contributed by atoms with van der Waals surface area (Å²) in [6, 6.07) is 8.35. The molecule has 1 radical (unpaired) electrons. The van der Waals surface area contributed by atoms with Crippen molar-refractivity contribution in [3.8, 4) is 0 Å². The van der Waals surface area contributed by atoms with Crippen molar-refractivity contribution in [3.63, 3.8) is 0 Å². The third kappa shape index (κ3) is 4.57. The maximum Gasteiger partial charge on any atom is 0.303 e. The van der Waals surface area contributed by atoms with Gasteiger partial charge in [0.1, 0.15) is 0 Å². The number of carboxylic acids is 1. The molecule has 0 amide bonds. The molecule has 1 unspecified atom stereocenters. The fourth-order valence-electron chi connectivity index (χ4n) is 1.97. The van der Waals surface area contributed by atoms with Crippen molar-refractivity contribution in [2.24, 2.45) is 0 Å². The van der Waals surface area contributed by atoms with Crippen molar-refractivity contribution in [3.05, 3.63) is 42.3 Å². The Morgan fingerprint density at radius 1 is 1.47 bits per heavy atom. The van der Waals surface area contributed by atoms with E-state index in [1.807, 2.05) is 26.2 Å². The lowest BCUT2D eigenvalue weighted by atomic mass is 9.98. The molecule has 1 aromatic carbocycles. The highest BCUT2D eigenvalue weighted by Gasteiger charge is 2.14. The third-order valence-electron chi connectivity index (χ3n) is 2.83. The van der Waals surface area contributed by atoms with Crippen LogP contribution < -0.4 is 0 Å². The summed E-state index contributed by atoms with van der Waals surface area (Å²) in [6.45, 7) is 3.92. The van der Waals surface area contributed by atoms with Gasteiger partial charge in [-0.05, 0) is 45.0 Å². The fourth-order valence-corrected chi connectivity index (χ4v) is 1.97. The molecule has 0 spiro atoms. The molecule has 0 saturated heterocycles. The summed E-state index contributed by atoms with van der Waals surface area (Å²) in [5.74, 6) is -0.728. The Labute approximate surface area is 103 Å². The predicted molar refractivity (Wildman–Crippen MR) is 68.8 cm³/mol. The number of benzene rings is 1. The standard InChI is InChI=1S/C14H20NO2/c1-11-6-4-7-12(10-11)13(15(2)3)8-5-9-14(16)17/h4,6-7,10,13H,1,5,8-9H2,2-3H3,(H,16,17). The van der Waals surface area contributed by atoms with Gasteiger partial charge in [0, 0.05) is 12.5 Å². The number of rotatable bonds is 6. The molecule has 0 bridgehead atoms. The molecule has 3 nitrogen and oxygen atoms in total. The normalized spacial score (nSPS) is 12.7. The predicted octanol–water partition coefficient (Wildman–Crippen LogP) is 2.73. The van der Waals surface area contributed by atoms with Crippen molar-refractivity contribution in [2.45, 2.75) is 25.3 Å². The first-order chi connectivity index (χ1) is 8.00. The van der Waals surface area contributed by atoms with Gasteiger partial charge in [0.2, 0.25) is 0 Å². The topological polar surface area (TPSA) is 40.5 Å². The SMILES string of the molecule is [CH2]c1cccc(C(CCCC(=O)O)N(C)C)c1. The highest BCUT2D eigenvalue weighted by atomic mass is 16.4. The molecule has 0 aromatic heterocycles. The first-order valence-corrected chi connectivity index (χ1v) is 5.81. The van der Waals surface area contributed by atoms with Crippen LogP contribution in [0.4, 0.5) is 0 Å². The van der Waals surface area contributed by atoms with Gasteiger partial charge in [-0.15, -0.1) is 0 Å². The van der Waals surface area contributed by atoms with Gasteiger partial charge in [-0.25, -0.2) is 0 Å². The van der Waals surface area contributed by atoms with Gasteiger partial charge >= 0.3 is 5.97 Å². The molecule has 0 heterocycles. The molecular weight excluding hydrogens is 214 g/mol. The van der Waals surface area contributed by atoms with Crippen LogP contribution in [-0.4, -0.2) is 30.1 Å². The molecule has 0 aliphatic carbocycles. The largest absolute Gasteiger partial charge is 0.481 e. The van der Waals surface area contributed by atoms with Crippen LogP contribution in [0.1, 0.15) is 36.4 Å². The van der Waals surface area contributed by atoms with Crippen LogP contribution in [0.25, 0.3) is 0 Å². The monoisotopic (exact) mass is 234 g/mol. The molecule has 1 atom stereocenters. The lowest BCUT2D eigenvalue weighted by Crippen LogP contribution is -2.20. The number of carboxylic acid groups (broad SMARTS) is 1. The van der Waals surface area contributed by atoms with Gasteiger partial charge in [0.15, 0.2) is 0 Å². The molecule has 0 fully saturated rings. The summed E-state index contributed by atoms with van der Waals surface area (Å²) in [4.78, 5) is 12.6. The molecule has 0 saturated carbocycles. The second-order valence-corrected chi connectivity index (χ2v) is 4.51. The van der Waals surface area contributed by atoms with E-state index in [0.717, 1.165) is 12.0 Å². The molecular formula is C14H20NO2. The van der Waals surface area contributed by atoms with E-state index in [9.17, 15) is 4.79 Å². The highest BCUT2D eigenvalue weighted by molar-refractivity contribution is 5.66. The Morgan fingerprint density at radius 3 is 2.71 bits per heavy atom. The minimum atomic E-state index is -0.728. The van der Waals surface area contributed by atoms with E-state index in [4.69, 9.17) is 5.11 Å². The number of aliphatic carboxylic acids is 1. The maximum absolute atomic E-state index is 10.5. The highest BCUT2D eigenvalue weighted by Crippen LogP contribution is 2.24. The van der Waals surface area contributed by atoms with Gasteiger partial charge in [-0.3, -0.25) is 4.79 Å². The number of carbonyl (C=O) groups is 1. The summed E-state index contributed by atoms with van der Waals surface area (Å²) >= 11 is 0. The van der Waals surface area contributed by atoms with Crippen LogP contribution >= 0.6 is 0 Å². The van der Waals surface area contributed by atoms with Crippen molar-refractivity contribution in [1.29, 1.82) is 0 Å². The van der Waals surface area contributed by atoms with E-state index >= 15 is 0 Å². The van der Waals surface area contributed by atoms with E-state index < -0.39 is 5.97 Å². The van der Waals surface area contributed by atoms with Gasteiger partial charge in [-0.2, -0.15) is 0 Å². The smallest absolute Gasteiger partial charge is 0.303 e. The minimum Gasteiger partial charge on any atom is -0.481 e. The maximum atomic E-state index is 10.5. The van der Waals surface area contributed by atoms with Gasteiger partial charge in [-0.1, -0.05) is 24.3 Å². The molecule has 17 heavy (non-hydrogen) atoms. The van der Waals surface area contributed by atoms with E-state index in [1.165, 1.54) is 5.56 Å². The van der Waals surface area contributed by atoms with Crippen LogP contribution in [0.3, 0.4) is 0 Å². The number of hydrogen-bond donors (Lipinski definition) is 1. The quantitative estimate of drug-likeness (QED) is 0.822. The van der Waals surface area contributed by atoms with Crippen LogP contribution in [0.2, 0.25) is 0 Å². The third-order valence-corrected chi connectivity index (χ3v) is 2.83. The summed E-state index contributed by atoms with van der Waals surface area (Å²) in [5.41, 5.74) is 2.19. The Hall–Kier alpha value is -1.35. The Bertz CT molecular complexity index is 374. The Morgan fingerprint density at radius 2 is 2.18 bits per heavy atom. The zero-order valence-electron chi connectivity index (χ0n) is 10.5. The molecule has 3 heteroatoms. The average molecular weight is 234 g/mol. The van der Waals surface area contributed by atoms with Crippen LogP contribution in [-0.2, 0) is 4.79 Å². The zero-order chi connectivity index (χ0) is 12.8. The molecule has 0 aliphatic rings. The number of hydrogen-bond acceptors (Lipinski definition) is 2. The van der Waals surface area contributed by atoms with Crippen LogP contribution in [0.15, 0.2) is 24.3 Å². The van der Waals surface area contributed by atoms with Crippen molar-refractivity contribution < 1.29 is 9.90 Å². The van der Waals surface area contributed by atoms with Crippen LogP contribution in [0.5, 0.6) is 0 Å². The lowest BCUT2D eigenvalue weighted by Gasteiger charge is -2.25. The van der Waals surface area contributed by atoms with Crippen molar-refractivity contribution >= 4 is 5.97 Å². The molecule has 1 rings (SSSR count). The van der Waals surface area contributed by atoms with Gasteiger partial charge in [0.25, 0.3) is 0 Å².